The van der Waals surface area contributed by atoms with E-state index in [1.807, 2.05) is 42.5 Å². The predicted molar refractivity (Wildman–Crippen MR) is 109 cm³/mol. The molecule has 0 aliphatic rings. The fraction of sp³-hybridized carbons (Fsp3) is 0.167. The number of hydrogen-bond donors (Lipinski definition) is 1. The van der Waals surface area contributed by atoms with Gasteiger partial charge in [0.25, 0.3) is 5.91 Å². The van der Waals surface area contributed by atoms with Gasteiger partial charge in [0.1, 0.15) is 5.75 Å². The number of nitriles is 1. The average Bonchev–Trinajstić information content (AvgIpc) is 2.77. The van der Waals surface area contributed by atoms with Crippen LogP contribution in [0.4, 0.5) is 0 Å². The summed E-state index contributed by atoms with van der Waals surface area (Å²) in [6.07, 6.45) is 0.802. The van der Waals surface area contributed by atoms with E-state index >= 15 is 0 Å². The fourth-order valence-corrected chi connectivity index (χ4v) is 3.08. The van der Waals surface area contributed by atoms with Crippen LogP contribution in [0.25, 0.3) is 0 Å². The van der Waals surface area contributed by atoms with Crippen molar-refractivity contribution in [3.8, 4) is 11.8 Å². The van der Waals surface area contributed by atoms with Crippen molar-refractivity contribution in [3.05, 3.63) is 102 Å². The lowest BCUT2D eigenvalue weighted by Crippen LogP contribution is -2.30. The van der Waals surface area contributed by atoms with Crippen molar-refractivity contribution in [2.45, 2.75) is 12.3 Å². The van der Waals surface area contributed by atoms with Gasteiger partial charge in [-0.25, -0.2) is 0 Å². The molecule has 3 rings (SSSR count). The number of rotatable bonds is 8. The van der Waals surface area contributed by atoms with Gasteiger partial charge in [-0.3, -0.25) is 4.79 Å². The van der Waals surface area contributed by atoms with Crippen LogP contribution in [0.1, 0.15) is 29.0 Å². The second kappa shape index (κ2) is 9.94. The monoisotopic (exact) mass is 370 g/mol. The van der Waals surface area contributed by atoms with E-state index < -0.39 is 0 Å². The smallest absolute Gasteiger partial charge is 0.257 e. The van der Waals surface area contributed by atoms with Crippen molar-refractivity contribution >= 4 is 5.91 Å². The van der Waals surface area contributed by atoms with Gasteiger partial charge in [0.2, 0.25) is 0 Å². The molecule has 0 saturated carbocycles. The third-order valence-corrected chi connectivity index (χ3v) is 4.51. The summed E-state index contributed by atoms with van der Waals surface area (Å²) in [5, 5.41) is 11.7. The zero-order chi connectivity index (χ0) is 19.6. The van der Waals surface area contributed by atoms with E-state index in [-0.39, 0.29) is 18.4 Å². The van der Waals surface area contributed by atoms with Crippen LogP contribution in [0.2, 0.25) is 0 Å². The highest BCUT2D eigenvalue weighted by molar-refractivity contribution is 5.77. The van der Waals surface area contributed by atoms with Crippen molar-refractivity contribution in [1.29, 1.82) is 5.26 Å². The molecule has 4 nitrogen and oxygen atoms in total. The normalized spacial score (nSPS) is 10.3. The standard InChI is InChI=1S/C24H22N2O2/c25-17-19-11-13-22(14-12-19)28-18-24(27)26-16-15-23(20-7-3-1-4-8-20)21-9-5-2-6-10-21/h1-14,23H,15-16,18H2,(H,26,27). The topological polar surface area (TPSA) is 62.1 Å². The van der Waals surface area contributed by atoms with Gasteiger partial charge in [-0.05, 0) is 41.8 Å². The number of hydrogen-bond acceptors (Lipinski definition) is 3. The molecule has 3 aromatic carbocycles. The number of nitrogens with one attached hydrogen (secondary N) is 1. The molecule has 0 aromatic heterocycles. The van der Waals surface area contributed by atoms with E-state index in [0.717, 1.165) is 6.42 Å². The molecule has 0 atom stereocenters. The summed E-state index contributed by atoms with van der Waals surface area (Å²) in [6.45, 7) is 0.511. The van der Waals surface area contributed by atoms with Gasteiger partial charge in [-0.15, -0.1) is 0 Å². The summed E-state index contributed by atoms with van der Waals surface area (Å²) in [4.78, 5) is 12.1. The van der Waals surface area contributed by atoms with Gasteiger partial charge in [0, 0.05) is 12.5 Å². The number of ether oxygens (including phenoxy) is 1. The summed E-state index contributed by atoms with van der Waals surface area (Å²) in [7, 11) is 0. The molecule has 1 N–H and O–H groups in total. The Morgan fingerprint density at radius 2 is 1.46 bits per heavy atom. The predicted octanol–water partition coefficient (Wildman–Crippen LogP) is 4.28. The maximum Gasteiger partial charge on any atom is 0.257 e. The third kappa shape index (κ3) is 5.46. The first-order chi connectivity index (χ1) is 13.8. The first-order valence-corrected chi connectivity index (χ1v) is 9.26. The number of carbonyl (C=O) groups is 1. The Morgan fingerprint density at radius 3 is 2.00 bits per heavy atom. The van der Waals surface area contributed by atoms with Crippen molar-refractivity contribution < 1.29 is 9.53 Å². The van der Waals surface area contributed by atoms with Crippen LogP contribution in [0, 0.1) is 11.3 Å². The van der Waals surface area contributed by atoms with E-state index in [2.05, 4.69) is 29.6 Å². The summed E-state index contributed by atoms with van der Waals surface area (Å²) < 4.78 is 5.47. The highest BCUT2D eigenvalue weighted by Gasteiger charge is 2.14. The van der Waals surface area contributed by atoms with Crippen LogP contribution < -0.4 is 10.1 Å². The highest BCUT2D eigenvalue weighted by Crippen LogP contribution is 2.27. The maximum absolute atomic E-state index is 12.1. The minimum atomic E-state index is -0.163. The largest absolute Gasteiger partial charge is 0.484 e. The minimum absolute atomic E-state index is 0.0484. The molecule has 0 bridgehead atoms. The van der Waals surface area contributed by atoms with Crippen LogP contribution in [0.5, 0.6) is 5.75 Å². The quantitative estimate of drug-likeness (QED) is 0.644. The summed E-state index contributed by atoms with van der Waals surface area (Å²) in [5.74, 6) is 0.631. The van der Waals surface area contributed by atoms with Crippen LogP contribution in [-0.4, -0.2) is 19.1 Å². The zero-order valence-corrected chi connectivity index (χ0v) is 15.5. The molecule has 4 heteroatoms. The second-order valence-electron chi connectivity index (χ2n) is 6.44. The van der Waals surface area contributed by atoms with Gasteiger partial charge in [-0.1, -0.05) is 60.7 Å². The Balaban J connectivity index is 1.52. The third-order valence-electron chi connectivity index (χ3n) is 4.51. The molecule has 140 valence electrons. The zero-order valence-electron chi connectivity index (χ0n) is 15.5. The molecular formula is C24H22N2O2. The molecule has 0 aliphatic heterocycles. The molecule has 28 heavy (non-hydrogen) atoms. The number of carbonyl (C=O) groups excluding carboxylic acids is 1. The van der Waals surface area contributed by atoms with E-state index in [1.165, 1.54) is 11.1 Å². The summed E-state index contributed by atoms with van der Waals surface area (Å²) in [6, 6.07) is 29.4. The van der Waals surface area contributed by atoms with Gasteiger partial charge in [0.05, 0.1) is 11.6 Å². The van der Waals surface area contributed by atoms with Crippen LogP contribution in [0.15, 0.2) is 84.9 Å². The Labute approximate surface area is 165 Å². The molecule has 0 unspecified atom stereocenters. The van der Waals surface area contributed by atoms with Gasteiger partial charge in [0.15, 0.2) is 6.61 Å². The Kier molecular flexibility index (Phi) is 6.81. The van der Waals surface area contributed by atoms with Gasteiger partial charge in [-0.2, -0.15) is 5.26 Å². The Hall–Kier alpha value is -3.58. The summed E-state index contributed by atoms with van der Waals surface area (Å²) in [5.41, 5.74) is 3.03. The molecule has 3 aromatic rings. The lowest BCUT2D eigenvalue weighted by Gasteiger charge is -2.18. The number of amides is 1. The number of benzene rings is 3. The van der Waals surface area contributed by atoms with Crippen molar-refractivity contribution in [2.75, 3.05) is 13.2 Å². The molecule has 0 radical (unpaired) electrons. The summed E-state index contributed by atoms with van der Waals surface area (Å²) >= 11 is 0. The average molecular weight is 370 g/mol. The first-order valence-electron chi connectivity index (χ1n) is 9.26. The van der Waals surface area contributed by atoms with Crippen LogP contribution in [0.3, 0.4) is 0 Å². The van der Waals surface area contributed by atoms with Crippen molar-refractivity contribution in [1.82, 2.24) is 5.32 Å². The molecule has 0 fully saturated rings. The van der Waals surface area contributed by atoms with E-state index in [0.29, 0.717) is 17.9 Å². The molecule has 0 saturated heterocycles. The lowest BCUT2D eigenvalue weighted by molar-refractivity contribution is -0.123. The molecule has 0 heterocycles. The van der Waals surface area contributed by atoms with Crippen LogP contribution >= 0.6 is 0 Å². The van der Waals surface area contributed by atoms with Gasteiger partial charge < -0.3 is 10.1 Å². The van der Waals surface area contributed by atoms with Crippen LogP contribution in [-0.2, 0) is 4.79 Å². The first kappa shape index (κ1) is 19.2. The lowest BCUT2D eigenvalue weighted by atomic mass is 9.88. The van der Waals surface area contributed by atoms with Crippen molar-refractivity contribution in [2.24, 2.45) is 0 Å². The molecule has 0 spiro atoms. The Morgan fingerprint density at radius 1 is 0.893 bits per heavy atom. The maximum atomic E-state index is 12.1. The number of nitrogens with zero attached hydrogens (tertiary/aromatic N) is 1. The van der Waals surface area contributed by atoms with E-state index in [4.69, 9.17) is 10.00 Å². The SMILES string of the molecule is N#Cc1ccc(OCC(=O)NCCC(c2ccccc2)c2ccccc2)cc1. The molecule has 1 amide bonds. The minimum Gasteiger partial charge on any atom is -0.484 e. The van der Waals surface area contributed by atoms with Crippen molar-refractivity contribution in [3.63, 3.8) is 0 Å². The van der Waals surface area contributed by atoms with E-state index in [1.54, 1.807) is 24.3 Å². The molecular weight excluding hydrogens is 348 g/mol. The second-order valence-corrected chi connectivity index (χ2v) is 6.44. The van der Waals surface area contributed by atoms with Gasteiger partial charge >= 0.3 is 0 Å². The van der Waals surface area contributed by atoms with E-state index in [9.17, 15) is 4.79 Å². The fourth-order valence-electron chi connectivity index (χ4n) is 3.08. The molecule has 0 aliphatic carbocycles. The Bertz CT molecular complexity index is 877. The highest BCUT2D eigenvalue weighted by atomic mass is 16.5.